The average Bonchev–Trinajstić information content (AvgIpc) is 3.18. The van der Waals surface area contributed by atoms with Gasteiger partial charge in [-0.15, -0.1) is 11.3 Å². The van der Waals surface area contributed by atoms with Crippen LogP contribution in [0.25, 0.3) is 15.8 Å². The second kappa shape index (κ2) is 8.11. The molecule has 1 N–H and O–H groups in total. The van der Waals surface area contributed by atoms with Crippen LogP contribution in [0, 0.1) is 0 Å². The number of hydrogen-bond donors (Lipinski definition) is 1. The first-order valence-corrected chi connectivity index (χ1v) is 10.7. The molecule has 1 aromatic heterocycles. The Morgan fingerprint density at radius 2 is 2.04 bits per heavy atom. The predicted octanol–water partition coefficient (Wildman–Crippen LogP) is 5.56. The van der Waals surface area contributed by atoms with E-state index in [9.17, 15) is 4.79 Å². The van der Waals surface area contributed by atoms with E-state index < -0.39 is 0 Å². The Morgan fingerprint density at radius 1 is 1.18 bits per heavy atom. The van der Waals surface area contributed by atoms with E-state index in [1.807, 2.05) is 24.3 Å². The van der Waals surface area contributed by atoms with E-state index in [-0.39, 0.29) is 11.9 Å². The van der Waals surface area contributed by atoms with Gasteiger partial charge in [0.05, 0.1) is 16.3 Å². The van der Waals surface area contributed by atoms with Gasteiger partial charge in [-0.1, -0.05) is 56.3 Å². The zero-order valence-corrected chi connectivity index (χ0v) is 17.1. The van der Waals surface area contributed by atoms with Crippen molar-refractivity contribution in [3.63, 3.8) is 0 Å². The van der Waals surface area contributed by atoms with Crippen LogP contribution in [0.1, 0.15) is 46.8 Å². The molecule has 0 radical (unpaired) electrons. The molecule has 0 saturated carbocycles. The summed E-state index contributed by atoms with van der Waals surface area (Å²) in [5.74, 6) is 0.0126. The van der Waals surface area contributed by atoms with Crippen molar-refractivity contribution in [1.82, 2.24) is 10.3 Å². The highest BCUT2D eigenvalue weighted by Gasteiger charge is 2.17. The van der Waals surface area contributed by atoms with E-state index in [2.05, 4.69) is 55.6 Å². The van der Waals surface area contributed by atoms with Crippen molar-refractivity contribution in [2.24, 2.45) is 0 Å². The molecular formula is C24H24N2OS. The standard InChI is InChI=1S/C24H24N2OS/c1-3-16-9-10-17(4-2)20(15-16)23(27)25-19-13-11-18(12-14-19)24-26-21-7-5-6-8-22(21)28-24/h5-13,15,19H,3-4,14H2,1-2H3,(H,25,27). The quantitative estimate of drug-likeness (QED) is 0.621. The minimum absolute atomic E-state index is 0.0126. The molecule has 0 aliphatic heterocycles. The maximum atomic E-state index is 12.9. The van der Waals surface area contributed by atoms with Gasteiger partial charge in [0.1, 0.15) is 5.01 Å². The number of aromatic nitrogens is 1. The molecular weight excluding hydrogens is 364 g/mol. The van der Waals surface area contributed by atoms with Crippen LogP contribution in [-0.2, 0) is 12.8 Å². The number of para-hydroxylation sites is 1. The lowest BCUT2D eigenvalue weighted by Crippen LogP contribution is -2.34. The molecule has 1 unspecified atom stereocenters. The van der Waals surface area contributed by atoms with Gasteiger partial charge in [-0.2, -0.15) is 0 Å². The first kappa shape index (κ1) is 18.6. The molecule has 1 amide bonds. The Balaban J connectivity index is 1.47. The molecule has 142 valence electrons. The minimum atomic E-state index is 0.0126. The zero-order chi connectivity index (χ0) is 19.5. The molecule has 28 heavy (non-hydrogen) atoms. The summed E-state index contributed by atoms with van der Waals surface area (Å²) in [6, 6.07) is 14.4. The molecule has 4 heteroatoms. The topological polar surface area (TPSA) is 42.0 Å². The highest BCUT2D eigenvalue weighted by atomic mass is 32.1. The number of carbonyl (C=O) groups is 1. The fourth-order valence-electron chi connectivity index (χ4n) is 3.49. The first-order valence-electron chi connectivity index (χ1n) is 9.85. The largest absolute Gasteiger partial charge is 0.346 e. The van der Waals surface area contributed by atoms with Gasteiger partial charge in [-0.25, -0.2) is 4.98 Å². The molecule has 0 spiro atoms. The van der Waals surface area contributed by atoms with Crippen LogP contribution >= 0.6 is 11.3 Å². The van der Waals surface area contributed by atoms with E-state index in [4.69, 9.17) is 4.98 Å². The van der Waals surface area contributed by atoms with Crippen molar-refractivity contribution in [1.29, 1.82) is 0 Å². The van der Waals surface area contributed by atoms with Gasteiger partial charge < -0.3 is 5.32 Å². The number of thiazole rings is 1. The smallest absolute Gasteiger partial charge is 0.252 e. The summed E-state index contributed by atoms with van der Waals surface area (Å²) in [6.45, 7) is 4.20. The van der Waals surface area contributed by atoms with Crippen LogP contribution in [0.4, 0.5) is 0 Å². The number of nitrogens with one attached hydrogen (secondary N) is 1. The fourth-order valence-corrected chi connectivity index (χ4v) is 4.48. The number of rotatable bonds is 5. The summed E-state index contributed by atoms with van der Waals surface area (Å²) in [7, 11) is 0. The van der Waals surface area contributed by atoms with Crippen molar-refractivity contribution in [2.75, 3.05) is 0 Å². The lowest BCUT2D eigenvalue weighted by atomic mass is 9.98. The monoisotopic (exact) mass is 388 g/mol. The lowest BCUT2D eigenvalue weighted by molar-refractivity contribution is 0.0943. The minimum Gasteiger partial charge on any atom is -0.346 e. The summed E-state index contributed by atoms with van der Waals surface area (Å²) >= 11 is 1.71. The number of benzene rings is 2. The van der Waals surface area contributed by atoms with Gasteiger partial charge in [0.25, 0.3) is 5.91 Å². The normalized spacial score (nSPS) is 16.2. The molecule has 1 aliphatic rings. The highest BCUT2D eigenvalue weighted by molar-refractivity contribution is 7.19. The Bertz CT molecular complexity index is 1040. The number of carbonyl (C=O) groups excluding carboxylic acids is 1. The van der Waals surface area contributed by atoms with Crippen LogP contribution in [0.3, 0.4) is 0 Å². The molecule has 0 bridgehead atoms. The molecule has 3 aromatic rings. The molecule has 2 aromatic carbocycles. The Labute approximate surface area is 169 Å². The van der Waals surface area contributed by atoms with E-state index in [1.54, 1.807) is 11.3 Å². The number of hydrogen-bond acceptors (Lipinski definition) is 3. The van der Waals surface area contributed by atoms with Crippen molar-refractivity contribution in [3.05, 3.63) is 82.4 Å². The van der Waals surface area contributed by atoms with E-state index in [0.717, 1.165) is 46.5 Å². The lowest BCUT2D eigenvalue weighted by Gasteiger charge is -2.18. The van der Waals surface area contributed by atoms with E-state index in [1.165, 1.54) is 10.3 Å². The predicted molar refractivity (Wildman–Crippen MR) is 118 cm³/mol. The molecule has 0 fully saturated rings. The third-order valence-electron chi connectivity index (χ3n) is 5.17. The van der Waals surface area contributed by atoms with Crippen molar-refractivity contribution < 1.29 is 4.79 Å². The molecule has 3 nitrogen and oxygen atoms in total. The fraction of sp³-hybridized carbons (Fsp3) is 0.250. The highest BCUT2D eigenvalue weighted by Crippen LogP contribution is 2.29. The zero-order valence-electron chi connectivity index (χ0n) is 16.2. The number of allylic oxidation sites excluding steroid dienone is 2. The molecule has 0 saturated heterocycles. The van der Waals surface area contributed by atoms with Gasteiger partial charge in [0.2, 0.25) is 0 Å². The third-order valence-corrected chi connectivity index (χ3v) is 6.25. The van der Waals surface area contributed by atoms with Gasteiger partial charge in [-0.3, -0.25) is 4.79 Å². The Morgan fingerprint density at radius 3 is 2.75 bits per heavy atom. The van der Waals surface area contributed by atoms with E-state index in [0.29, 0.717) is 0 Å². The second-order valence-corrected chi connectivity index (χ2v) is 8.05. The van der Waals surface area contributed by atoms with Crippen molar-refractivity contribution >= 4 is 33.0 Å². The molecule has 1 aliphatic carbocycles. The summed E-state index contributed by atoms with van der Waals surface area (Å²) in [5, 5.41) is 4.21. The van der Waals surface area contributed by atoms with Gasteiger partial charge >= 0.3 is 0 Å². The summed E-state index contributed by atoms with van der Waals surface area (Å²) in [6.07, 6.45) is 8.90. The van der Waals surface area contributed by atoms with Crippen LogP contribution in [0.2, 0.25) is 0 Å². The number of fused-ring (bicyclic) bond motifs is 1. The van der Waals surface area contributed by atoms with Gasteiger partial charge in [0, 0.05) is 11.1 Å². The van der Waals surface area contributed by atoms with Crippen LogP contribution in [-0.4, -0.2) is 16.9 Å². The molecule has 1 heterocycles. The third kappa shape index (κ3) is 3.78. The van der Waals surface area contributed by atoms with Crippen molar-refractivity contribution in [3.8, 4) is 0 Å². The Hall–Kier alpha value is -2.72. The molecule has 1 atom stereocenters. The second-order valence-electron chi connectivity index (χ2n) is 7.02. The first-order chi connectivity index (χ1) is 13.7. The Kier molecular flexibility index (Phi) is 5.40. The number of amides is 1. The number of nitrogens with zero attached hydrogens (tertiary/aromatic N) is 1. The average molecular weight is 389 g/mol. The maximum absolute atomic E-state index is 12.9. The number of aryl methyl sites for hydroxylation is 2. The van der Waals surface area contributed by atoms with Crippen LogP contribution in [0.15, 0.2) is 60.7 Å². The summed E-state index contributed by atoms with van der Waals surface area (Å²) in [4.78, 5) is 17.6. The van der Waals surface area contributed by atoms with E-state index >= 15 is 0 Å². The SMILES string of the molecule is CCc1ccc(CC)c(C(=O)NC2C=CC(c3nc4ccccc4s3)=CC2)c1. The maximum Gasteiger partial charge on any atom is 0.252 e. The van der Waals surface area contributed by atoms with Gasteiger partial charge in [0.15, 0.2) is 0 Å². The summed E-state index contributed by atoms with van der Waals surface area (Å²) in [5.41, 5.74) is 5.26. The summed E-state index contributed by atoms with van der Waals surface area (Å²) < 4.78 is 1.20. The van der Waals surface area contributed by atoms with Crippen LogP contribution < -0.4 is 5.32 Å². The molecule has 4 rings (SSSR count). The van der Waals surface area contributed by atoms with Crippen molar-refractivity contribution in [2.45, 2.75) is 39.2 Å². The van der Waals surface area contributed by atoms with Crippen LogP contribution in [0.5, 0.6) is 0 Å². The van der Waals surface area contributed by atoms with Gasteiger partial charge in [-0.05, 0) is 48.6 Å².